The summed E-state index contributed by atoms with van der Waals surface area (Å²) in [6, 6.07) is 0.900. The zero-order valence-corrected chi connectivity index (χ0v) is 14.0. The average molecular weight is 300 g/mol. The van der Waals surface area contributed by atoms with Crippen LogP contribution < -0.4 is 0 Å². The van der Waals surface area contributed by atoms with Gasteiger partial charge in [-0.25, -0.2) is 0 Å². The van der Waals surface area contributed by atoms with Crippen molar-refractivity contribution in [2.45, 2.75) is 89.1 Å². The van der Waals surface area contributed by atoms with Gasteiger partial charge in [0.15, 0.2) is 0 Å². The molecule has 1 heterocycles. The molecule has 0 bridgehead atoms. The SMILES string of the molecule is C1=CCC(C2CCCC2)N=NC(C2CCCC2)C/C=C/CC1. The molecule has 1 aliphatic heterocycles. The molecule has 0 radical (unpaired) electrons. The van der Waals surface area contributed by atoms with E-state index in [1.807, 2.05) is 0 Å². The van der Waals surface area contributed by atoms with Gasteiger partial charge in [0.05, 0.1) is 12.1 Å². The van der Waals surface area contributed by atoms with Gasteiger partial charge in [-0.2, -0.15) is 10.2 Å². The molecule has 0 aromatic carbocycles. The van der Waals surface area contributed by atoms with Crippen molar-refractivity contribution >= 4 is 0 Å². The summed E-state index contributed by atoms with van der Waals surface area (Å²) in [5.74, 6) is 1.58. The highest BCUT2D eigenvalue weighted by Gasteiger charge is 2.27. The van der Waals surface area contributed by atoms with Gasteiger partial charge in [0, 0.05) is 0 Å². The zero-order chi connectivity index (χ0) is 15.0. The fourth-order valence-corrected chi connectivity index (χ4v) is 4.42. The lowest BCUT2D eigenvalue weighted by molar-refractivity contribution is 0.377. The van der Waals surface area contributed by atoms with Crippen LogP contribution in [0.15, 0.2) is 34.5 Å². The lowest BCUT2D eigenvalue weighted by Gasteiger charge is -2.21. The van der Waals surface area contributed by atoms with E-state index in [4.69, 9.17) is 10.2 Å². The van der Waals surface area contributed by atoms with Crippen molar-refractivity contribution in [3.05, 3.63) is 24.3 Å². The van der Waals surface area contributed by atoms with E-state index in [0.29, 0.717) is 12.1 Å². The maximum atomic E-state index is 4.91. The Balaban J connectivity index is 1.71. The standard InChI is InChI=1S/C20H32N2/c1-2-4-6-16-20(18-13-9-10-14-18)22-21-19(15-5-3-1)17-11-7-8-12-17/h3-6,17-20H,1-2,7-16H2/b5-3+,6-4?,22-21?. The van der Waals surface area contributed by atoms with Crippen molar-refractivity contribution in [2.24, 2.45) is 22.1 Å². The Morgan fingerprint density at radius 3 is 1.36 bits per heavy atom. The van der Waals surface area contributed by atoms with Gasteiger partial charge in [0.1, 0.15) is 0 Å². The molecular formula is C20H32N2. The fraction of sp³-hybridized carbons (Fsp3) is 0.800. The van der Waals surface area contributed by atoms with E-state index in [1.54, 1.807) is 0 Å². The normalized spacial score (nSPS) is 33.6. The van der Waals surface area contributed by atoms with Crippen molar-refractivity contribution in [1.29, 1.82) is 0 Å². The monoisotopic (exact) mass is 300 g/mol. The quantitative estimate of drug-likeness (QED) is 0.539. The largest absolute Gasteiger partial charge is 0.190 e. The lowest BCUT2D eigenvalue weighted by atomic mass is 9.94. The predicted octanol–water partition coefficient (Wildman–Crippen LogP) is 6.24. The van der Waals surface area contributed by atoms with Crippen molar-refractivity contribution < 1.29 is 0 Å². The molecule has 3 aliphatic rings. The zero-order valence-electron chi connectivity index (χ0n) is 14.0. The predicted molar refractivity (Wildman–Crippen MR) is 93.1 cm³/mol. The highest BCUT2D eigenvalue weighted by atomic mass is 15.1. The van der Waals surface area contributed by atoms with Crippen LogP contribution in [0.4, 0.5) is 0 Å². The molecule has 2 atom stereocenters. The molecule has 2 heteroatoms. The molecule has 2 saturated carbocycles. The average Bonchev–Trinajstić information content (AvgIpc) is 3.21. The summed E-state index contributed by atoms with van der Waals surface area (Å²) >= 11 is 0. The molecule has 2 aliphatic carbocycles. The van der Waals surface area contributed by atoms with Gasteiger partial charge >= 0.3 is 0 Å². The number of allylic oxidation sites excluding steroid dienone is 2. The molecule has 0 N–H and O–H groups in total. The first-order valence-electron chi connectivity index (χ1n) is 9.63. The third kappa shape index (κ3) is 4.54. The summed E-state index contributed by atoms with van der Waals surface area (Å²) < 4.78 is 0. The van der Waals surface area contributed by atoms with Crippen molar-refractivity contribution in [3.8, 4) is 0 Å². The van der Waals surface area contributed by atoms with Gasteiger partial charge in [-0.3, -0.25) is 0 Å². The van der Waals surface area contributed by atoms with E-state index in [-0.39, 0.29) is 0 Å². The molecule has 3 rings (SSSR count). The minimum absolute atomic E-state index is 0.450. The number of azo groups is 1. The van der Waals surface area contributed by atoms with Gasteiger partial charge in [0.25, 0.3) is 0 Å². The topological polar surface area (TPSA) is 24.7 Å². The third-order valence-corrected chi connectivity index (χ3v) is 5.84. The summed E-state index contributed by atoms with van der Waals surface area (Å²) in [6.07, 6.45) is 25.0. The smallest absolute Gasteiger partial charge is 0.0770 e. The van der Waals surface area contributed by atoms with E-state index >= 15 is 0 Å². The first-order valence-corrected chi connectivity index (χ1v) is 9.63. The summed E-state index contributed by atoms with van der Waals surface area (Å²) in [6.45, 7) is 0. The van der Waals surface area contributed by atoms with Gasteiger partial charge < -0.3 is 0 Å². The molecule has 0 aromatic rings. The third-order valence-electron chi connectivity index (χ3n) is 5.84. The van der Waals surface area contributed by atoms with E-state index in [1.165, 1.54) is 64.2 Å². The van der Waals surface area contributed by atoms with Crippen LogP contribution in [0, 0.1) is 11.8 Å². The lowest BCUT2D eigenvalue weighted by Crippen LogP contribution is -2.18. The minimum Gasteiger partial charge on any atom is -0.190 e. The van der Waals surface area contributed by atoms with Gasteiger partial charge in [-0.1, -0.05) is 50.0 Å². The Bertz CT molecular complexity index is 360. The van der Waals surface area contributed by atoms with Gasteiger partial charge in [0.2, 0.25) is 0 Å². The highest BCUT2D eigenvalue weighted by Crippen LogP contribution is 2.34. The summed E-state index contributed by atoms with van der Waals surface area (Å²) in [4.78, 5) is 0. The van der Waals surface area contributed by atoms with E-state index in [2.05, 4.69) is 24.3 Å². The Labute approximate surface area is 136 Å². The molecule has 0 aromatic heterocycles. The first kappa shape index (κ1) is 16.0. The Hall–Kier alpha value is -0.920. The second-order valence-corrected chi connectivity index (χ2v) is 7.45. The highest BCUT2D eigenvalue weighted by molar-refractivity contribution is 4.95. The molecule has 22 heavy (non-hydrogen) atoms. The van der Waals surface area contributed by atoms with Crippen LogP contribution in [0.25, 0.3) is 0 Å². The summed E-state index contributed by atoms with van der Waals surface area (Å²) in [7, 11) is 0. The van der Waals surface area contributed by atoms with Crippen LogP contribution in [0.3, 0.4) is 0 Å². The molecule has 0 spiro atoms. The van der Waals surface area contributed by atoms with Crippen LogP contribution in [-0.4, -0.2) is 12.1 Å². The first-order chi connectivity index (χ1) is 10.9. The molecule has 0 saturated heterocycles. The summed E-state index contributed by atoms with van der Waals surface area (Å²) in [5, 5.41) is 9.81. The molecule has 122 valence electrons. The van der Waals surface area contributed by atoms with Crippen LogP contribution in [-0.2, 0) is 0 Å². The van der Waals surface area contributed by atoms with Crippen LogP contribution in [0.1, 0.15) is 77.0 Å². The Morgan fingerprint density at radius 2 is 0.955 bits per heavy atom. The van der Waals surface area contributed by atoms with Crippen LogP contribution >= 0.6 is 0 Å². The van der Waals surface area contributed by atoms with Crippen molar-refractivity contribution in [2.75, 3.05) is 0 Å². The number of hydrogen-bond acceptors (Lipinski definition) is 2. The number of rotatable bonds is 2. The molecule has 2 fully saturated rings. The number of nitrogens with zero attached hydrogens (tertiary/aromatic N) is 2. The van der Waals surface area contributed by atoms with Crippen LogP contribution in [0.2, 0.25) is 0 Å². The Kier molecular flexibility index (Phi) is 6.27. The van der Waals surface area contributed by atoms with Gasteiger partial charge in [-0.05, 0) is 63.2 Å². The van der Waals surface area contributed by atoms with Crippen molar-refractivity contribution in [1.82, 2.24) is 0 Å². The summed E-state index contributed by atoms with van der Waals surface area (Å²) in [5.41, 5.74) is 0. The van der Waals surface area contributed by atoms with E-state index in [9.17, 15) is 0 Å². The molecule has 2 unspecified atom stereocenters. The second kappa shape index (κ2) is 8.64. The maximum absolute atomic E-state index is 4.91. The molecular weight excluding hydrogens is 268 g/mol. The van der Waals surface area contributed by atoms with E-state index < -0.39 is 0 Å². The minimum atomic E-state index is 0.450. The maximum Gasteiger partial charge on any atom is 0.0770 e. The second-order valence-electron chi connectivity index (χ2n) is 7.45. The van der Waals surface area contributed by atoms with E-state index in [0.717, 1.165) is 24.7 Å². The molecule has 2 nitrogen and oxygen atoms in total. The van der Waals surface area contributed by atoms with Crippen molar-refractivity contribution in [3.63, 3.8) is 0 Å². The number of hydrogen-bond donors (Lipinski definition) is 0. The molecule has 0 amide bonds. The van der Waals surface area contributed by atoms with Crippen LogP contribution in [0.5, 0.6) is 0 Å². The fourth-order valence-electron chi connectivity index (χ4n) is 4.42. The Morgan fingerprint density at radius 1 is 0.545 bits per heavy atom. The van der Waals surface area contributed by atoms with Gasteiger partial charge in [-0.15, -0.1) is 0 Å².